The highest BCUT2D eigenvalue weighted by atomic mass is 35.5. The molecule has 3 N–H and O–H groups in total. The van der Waals surface area contributed by atoms with E-state index in [2.05, 4.69) is 10.3 Å². The molecule has 0 spiro atoms. The Morgan fingerprint density at radius 1 is 1.17 bits per heavy atom. The first-order chi connectivity index (χ1) is 16.5. The van der Waals surface area contributed by atoms with Gasteiger partial charge >= 0.3 is 6.18 Å². The maximum Gasteiger partial charge on any atom is 0.417 e. The van der Waals surface area contributed by atoms with Crippen LogP contribution < -0.4 is 14.8 Å². The van der Waals surface area contributed by atoms with Crippen LogP contribution in [-0.2, 0) is 6.18 Å². The molecule has 3 aromatic rings. The number of anilines is 1. The molecule has 0 aliphatic carbocycles. The first-order valence-electron chi connectivity index (χ1n) is 10.0. The number of nitrogens with one attached hydrogen (secondary N) is 1. The third kappa shape index (κ3) is 6.81. The Hall–Kier alpha value is -3.41. The highest BCUT2D eigenvalue weighted by Gasteiger charge is 2.35. The third-order valence-corrected chi connectivity index (χ3v) is 4.92. The topological polar surface area (TPSA) is 101 Å². The van der Waals surface area contributed by atoms with E-state index in [0.717, 1.165) is 18.2 Å². The van der Waals surface area contributed by atoms with Gasteiger partial charge < -0.3 is 25.0 Å². The van der Waals surface area contributed by atoms with Gasteiger partial charge in [-0.15, -0.1) is 0 Å². The fourth-order valence-corrected chi connectivity index (χ4v) is 3.15. The van der Waals surface area contributed by atoms with Crippen LogP contribution in [-0.4, -0.2) is 40.4 Å². The van der Waals surface area contributed by atoms with Crippen LogP contribution in [0.4, 0.5) is 23.2 Å². The molecule has 1 aromatic heterocycles. The summed E-state index contributed by atoms with van der Waals surface area (Å²) in [5, 5.41) is 20.0. The highest BCUT2D eigenvalue weighted by Crippen LogP contribution is 2.40. The van der Waals surface area contributed by atoms with Crippen molar-refractivity contribution in [1.29, 1.82) is 0 Å². The van der Waals surface area contributed by atoms with Crippen molar-refractivity contribution in [2.75, 3.05) is 18.5 Å². The van der Waals surface area contributed by atoms with Crippen LogP contribution in [0.25, 0.3) is 0 Å². The molecule has 0 bridgehead atoms. The largest absolute Gasteiger partial charge is 0.475 e. The highest BCUT2D eigenvalue weighted by molar-refractivity contribution is 6.32. The standard InChI is InChI=1S/C23H19ClF4N2O5/c1-12-6-13(25)2-3-19(12)35-20-9-17(23(26,27)28)18(24)8-16(20)22(33)30-14-4-5-29-21(7-14)34-11-15(32)10-31/h2-9,15,31-32H,10-11H2,1H3,(H,29,30,33)/t15-/m0/s1. The molecule has 3 rings (SSSR count). The smallest absolute Gasteiger partial charge is 0.417 e. The van der Waals surface area contributed by atoms with E-state index in [4.69, 9.17) is 26.2 Å². The summed E-state index contributed by atoms with van der Waals surface area (Å²) in [6, 6.07) is 7.53. The van der Waals surface area contributed by atoms with E-state index in [1.807, 2.05) is 0 Å². The van der Waals surface area contributed by atoms with E-state index < -0.39 is 46.9 Å². The zero-order valence-electron chi connectivity index (χ0n) is 18.1. The molecule has 0 fully saturated rings. The number of alkyl halides is 3. The summed E-state index contributed by atoms with van der Waals surface area (Å²) in [4.78, 5) is 16.9. The minimum atomic E-state index is -4.82. The number of carbonyl (C=O) groups is 1. The number of amides is 1. The average molecular weight is 515 g/mol. The first kappa shape index (κ1) is 26.2. The number of carbonyl (C=O) groups excluding carboxylic acids is 1. The Labute approximate surface area is 201 Å². The molecule has 1 amide bonds. The number of aryl methyl sites for hydroxylation is 1. The Morgan fingerprint density at radius 3 is 2.57 bits per heavy atom. The van der Waals surface area contributed by atoms with E-state index in [9.17, 15) is 27.5 Å². The predicted molar refractivity (Wildman–Crippen MR) is 118 cm³/mol. The summed E-state index contributed by atoms with van der Waals surface area (Å²) in [7, 11) is 0. The number of benzene rings is 2. The van der Waals surface area contributed by atoms with Gasteiger partial charge in [-0.05, 0) is 48.9 Å². The van der Waals surface area contributed by atoms with Crippen molar-refractivity contribution >= 4 is 23.2 Å². The van der Waals surface area contributed by atoms with Gasteiger partial charge in [-0.25, -0.2) is 9.37 Å². The Bertz CT molecular complexity index is 1220. The number of nitrogens with zero attached hydrogens (tertiary/aromatic N) is 1. The molecule has 2 aromatic carbocycles. The van der Waals surface area contributed by atoms with Crippen LogP contribution >= 0.6 is 11.6 Å². The number of hydrogen-bond donors (Lipinski definition) is 3. The molecule has 0 saturated heterocycles. The van der Waals surface area contributed by atoms with E-state index in [0.29, 0.717) is 11.6 Å². The van der Waals surface area contributed by atoms with Gasteiger partial charge in [-0.3, -0.25) is 4.79 Å². The van der Waals surface area contributed by atoms with Crippen LogP contribution in [0.1, 0.15) is 21.5 Å². The summed E-state index contributed by atoms with van der Waals surface area (Å²) in [6.45, 7) is 0.705. The van der Waals surface area contributed by atoms with E-state index in [1.165, 1.54) is 31.3 Å². The predicted octanol–water partition coefficient (Wildman–Crippen LogP) is 4.98. The second kappa shape index (κ2) is 10.9. The van der Waals surface area contributed by atoms with Crippen LogP contribution in [0.2, 0.25) is 5.02 Å². The van der Waals surface area contributed by atoms with Crippen molar-refractivity contribution in [3.05, 3.63) is 76.2 Å². The van der Waals surface area contributed by atoms with Crippen molar-refractivity contribution in [3.63, 3.8) is 0 Å². The van der Waals surface area contributed by atoms with Gasteiger partial charge in [0.25, 0.3) is 5.91 Å². The molecule has 1 atom stereocenters. The van der Waals surface area contributed by atoms with Gasteiger partial charge in [0, 0.05) is 18.0 Å². The van der Waals surface area contributed by atoms with Crippen LogP contribution in [0.15, 0.2) is 48.7 Å². The van der Waals surface area contributed by atoms with Crippen LogP contribution in [0.5, 0.6) is 17.4 Å². The minimum Gasteiger partial charge on any atom is -0.475 e. The Kier molecular flexibility index (Phi) is 8.15. The molecule has 0 radical (unpaired) electrons. The van der Waals surface area contributed by atoms with Gasteiger partial charge in [0.05, 0.1) is 22.8 Å². The Morgan fingerprint density at radius 2 is 1.91 bits per heavy atom. The monoisotopic (exact) mass is 514 g/mol. The molecule has 186 valence electrons. The molecular weight excluding hydrogens is 496 g/mol. The lowest BCUT2D eigenvalue weighted by Crippen LogP contribution is -2.21. The summed E-state index contributed by atoms with van der Waals surface area (Å²) in [6.07, 6.45) is -4.67. The molecule has 1 heterocycles. The van der Waals surface area contributed by atoms with Gasteiger partial charge in [-0.1, -0.05) is 11.6 Å². The van der Waals surface area contributed by atoms with Gasteiger partial charge in [-0.2, -0.15) is 13.2 Å². The van der Waals surface area contributed by atoms with E-state index in [1.54, 1.807) is 0 Å². The first-order valence-corrected chi connectivity index (χ1v) is 10.4. The molecule has 0 saturated carbocycles. The second-order valence-corrected chi connectivity index (χ2v) is 7.73. The normalized spacial score (nSPS) is 12.2. The second-order valence-electron chi connectivity index (χ2n) is 7.32. The maximum absolute atomic E-state index is 13.4. The summed E-state index contributed by atoms with van der Waals surface area (Å²) < 4.78 is 64.5. The molecule has 0 aliphatic rings. The van der Waals surface area contributed by atoms with Gasteiger partial charge in [0.15, 0.2) is 0 Å². The fourth-order valence-electron chi connectivity index (χ4n) is 2.88. The molecule has 0 unspecified atom stereocenters. The number of ether oxygens (including phenoxy) is 2. The van der Waals surface area contributed by atoms with E-state index in [-0.39, 0.29) is 29.5 Å². The van der Waals surface area contributed by atoms with Crippen molar-refractivity contribution in [2.24, 2.45) is 0 Å². The molecule has 0 aliphatic heterocycles. The minimum absolute atomic E-state index is 0.0131. The lowest BCUT2D eigenvalue weighted by Gasteiger charge is -2.17. The zero-order chi connectivity index (χ0) is 25.8. The number of hydrogen-bond acceptors (Lipinski definition) is 6. The summed E-state index contributed by atoms with van der Waals surface area (Å²) in [5.41, 5.74) is -1.08. The summed E-state index contributed by atoms with van der Waals surface area (Å²) in [5.74, 6) is -1.83. The number of pyridine rings is 1. The molecule has 35 heavy (non-hydrogen) atoms. The number of rotatable bonds is 8. The molecule has 7 nitrogen and oxygen atoms in total. The van der Waals surface area contributed by atoms with Crippen molar-refractivity contribution in [1.82, 2.24) is 4.98 Å². The third-order valence-electron chi connectivity index (χ3n) is 4.60. The lowest BCUT2D eigenvalue weighted by atomic mass is 10.1. The molecular formula is C23H19ClF4N2O5. The Balaban J connectivity index is 1.94. The van der Waals surface area contributed by atoms with E-state index >= 15 is 0 Å². The van der Waals surface area contributed by atoms with Crippen molar-refractivity contribution < 1.29 is 42.0 Å². The average Bonchev–Trinajstić information content (AvgIpc) is 2.79. The van der Waals surface area contributed by atoms with Crippen LogP contribution in [0, 0.1) is 12.7 Å². The van der Waals surface area contributed by atoms with Gasteiger partial charge in [0.1, 0.15) is 30.0 Å². The van der Waals surface area contributed by atoms with Crippen molar-refractivity contribution in [3.8, 4) is 17.4 Å². The zero-order valence-corrected chi connectivity index (χ0v) is 18.8. The number of aromatic nitrogens is 1. The van der Waals surface area contributed by atoms with Crippen LogP contribution in [0.3, 0.4) is 0 Å². The fraction of sp³-hybridized carbons (Fsp3) is 0.217. The number of halogens is 5. The number of aliphatic hydroxyl groups is 2. The number of aliphatic hydroxyl groups excluding tert-OH is 2. The SMILES string of the molecule is Cc1cc(F)ccc1Oc1cc(C(F)(F)F)c(Cl)cc1C(=O)Nc1ccnc(OC[C@@H](O)CO)c1. The van der Waals surface area contributed by atoms with Crippen molar-refractivity contribution in [2.45, 2.75) is 19.2 Å². The van der Waals surface area contributed by atoms with Gasteiger partial charge in [0.2, 0.25) is 5.88 Å². The lowest BCUT2D eigenvalue weighted by molar-refractivity contribution is -0.137. The maximum atomic E-state index is 13.4. The quantitative estimate of drug-likeness (QED) is 0.367. The summed E-state index contributed by atoms with van der Waals surface area (Å²) >= 11 is 5.82. The molecule has 12 heteroatoms.